The van der Waals surface area contributed by atoms with Gasteiger partial charge in [0.2, 0.25) is 5.95 Å². The molecule has 0 radical (unpaired) electrons. The first-order valence-electron chi connectivity index (χ1n) is 6.28. The largest absolute Gasteiger partial charge is 0.507 e. The van der Waals surface area contributed by atoms with E-state index in [4.69, 9.17) is 0 Å². The predicted octanol–water partition coefficient (Wildman–Crippen LogP) is 2.43. The first-order valence-corrected chi connectivity index (χ1v) is 6.28. The summed E-state index contributed by atoms with van der Waals surface area (Å²) in [6.45, 7) is 0. The Balaban J connectivity index is 1.91. The average Bonchev–Trinajstić information content (AvgIpc) is 2.89. The molecular formula is C14H10N4O4. The molecule has 0 aliphatic rings. The zero-order chi connectivity index (χ0) is 15.7. The van der Waals surface area contributed by atoms with Gasteiger partial charge in [-0.15, -0.1) is 0 Å². The molecule has 3 N–H and O–H groups in total. The number of fused-ring (bicyclic) bond motifs is 1. The van der Waals surface area contributed by atoms with Gasteiger partial charge in [-0.1, -0.05) is 12.1 Å². The monoisotopic (exact) mass is 298 g/mol. The number of nitro groups is 1. The Morgan fingerprint density at radius 2 is 2.05 bits per heavy atom. The zero-order valence-electron chi connectivity index (χ0n) is 11.1. The summed E-state index contributed by atoms with van der Waals surface area (Å²) in [4.78, 5) is 29.3. The number of aromatic nitrogens is 2. The summed E-state index contributed by atoms with van der Waals surface area (Å²) in [6, 6.07) is 10.4. The minimum atomic E-state index is -0.694. The van der Waals surface area contributed by atoms with Crippen molar-refractivity contribution in [3.05, 3.63) is 58.1 Å². The van der Waals surface area contributed by atoms with Gasteiger partial charge in [0.05, 0.1) is 21.5 Å². The summed E-state index contributed by atoms with van der Waals surface area (Å²) in [6.07, 6.45) is 0. The fourth-order valence-corrected chi connectivity index (χ4v) is 2.01. The second-order valence-electron chi connectivity index (χ2n) is 4.52. The van der Waals surface area contributed by atoms with E-state index in [9.17, 15) is 20.0 Å². The highest BCUT2D eigenvalue weighted by Gasteiger charge is 2.17. The van der Waals surface area contributed by atoms with E-state index in [2.05, 4.69) is 15.3 Å². The van der Waals surface area contributed by atoms with Crippen LogP contribution in [0.25, 0.3) is 11.0 Å². The van der Waals surface area contributed by atoms with Crippen molar-refractivity contribution in [1.29, 1.82) is 0 Å². The molecule has 0 bridgehead atoms. The van der Waals surface area contributed by atoms with Crippen LogP contribution >= 0.6 is 0 Å². The number of H-pyrrole nitrogens is 1. The van der Waals surface area contributed by atoms with Crippen molar-refractivity contribution in [3.63, 3.8) is 0 Å². The Morgan fingerprint density at radius 1 is 1.27 bits per heavy atom. The number of non-ortho nitro benzene ring substituents is 1. The summed E-state index contributed by atoms with van der Waals surface area (Å²) in [5, 5.41) is 22.9. The topological polar surface area (TPSA) is 121 Å². The van der Waals surface area contributed by atoms with Crippen molar-refractivity contribution in [2.24, 2.45) is 0 Å². The van der Waals surface area contributed by atoms with E-state index in [1.807, 2.05) is 6.07 Å². The van der Waals surface area contributed by atoms with Crippen LogP contribution in [0.4, 0.5) is 11.6 Å². The molecule has 0 saturated heterocycles. The second-order valence-corrected chi connectivity index (χ2v) is 4.52. The van der Waals surface area contributed by atoms with Crippen molar-refractivity contribution in [1.82, 2.24) is 9.97 Å². The average molecular weight is 298 g/mol. The number of para-hydroxylation sites is 2. The Hall–Kier alpha value is -3.42. The van der Waals surface area contributed by atoms with Crippen LogP contribution in [0.2, 0.25) is 0 Å². The number of aromatic amines is 1. The number of nitro benzene ring substituents is 1. The third-order valence-electron chi connectivity index (χ3n) is 3.06. The van der Waals surface area contributed by atoms with Gasteiger partial charge in [0.15, 0.2) is 0 Å². The van der Waals surface area contributed by atoms with Crippen LogP contribution in [0.5, 0.6) is 5.75 Å². The van der Waals surface area contributed by atoms with Crippen LogP contribution in [-0.4, -0.2) is 25.9 Å². The first-order chi connectivity index (χ1) is 10.5. The highest BCUT2D eigenvalue weighted by atomic mass is 16.6. The molecule has 0 saturated carbocycles. The third kappa shape index (κ3) is 2.44. The number of aromatic hydroxyl groups is 1. The number of carbonyl (C=O) groups is 1. The lowest BCUT2D eigenvalue weighted by Crippen LogP contribution is -2.13. The molecule has 8 heteroatoms. The molecular weight excluding hydrogens is 288 g/mol. The van der Waals surface area contributed by atoms with Gasteiger partial charge in [-0.2, -0.15) is 0 Å². The molecule has 0 aliphatic carbocycles. The minimum Gasteiger partial charge on any atom is -0.507 e. The maximum atomic E-state index is 12.1. The van der Waals surface area contributed by atoms with Crippen LogP contribution in [0.15, 0.2) is 42.5 Å². The number of benzene rings is 2. The van der Waals surface area contributed by atoms with E-state index < -0.39 is 10.8 Å². The van der Waals surface area contributed by atoms with E-state index in [1.165, 1.54) is 0 Å². The van der Waals surface area contributed by atoms with Crippen molar-refractivity contribution in [2.45, 2.75) is 0 Å². The van der Waals surface area contributed by atoms with Crippen LogP contribution in [-0.2, 0) is 0 Å². The van der Waals surface area contributed by atoms with Gasteiger partial charge in [-0.05, 0) is 18.2 Å². The lowest BCUT2D eigenvalue weighted by Gasteiger charge is -2.04. The maximum absolute atomic E-state index is 12.1. The Morgan fingerprint density at radius 3 is 2.77 bits per heavy atom. The number of amides is 1. The van der Waals surface area contributed by atoms with E-state index >= 15 is 0 Å². The van der Waals surface area contributed by atoms with Crippen molar-refractivity contribution in [2.75, 3.05) is 5.32 Å². The molecule has 0 fully saturated rings. The standard InChI is InChI=1S/C14H10N4O4/c19-12-6-5-8(18(21)22)7-9(12)13(20)17-14-15-10-3-1-2-4-11(10)16-14/h1-7,19H,(H2,15,16,17,20). The Bertz CT molecular complexity index is 854. The molecule has 110 valence electrons. The summed E-state index contributed by atoms with van der Waals surface area (Å²) in [5.41, 5.74) is 0.921. The van der Waals surface area contributed by atoms with E-state index in [-0.39, 0.29) is 22.9 Å². The van der Waals surface area contributed by atoms with Gasteiger partial charge in [0, 0.05) is 12.1 Å². The van der Waals surface area contributed by atoms with Crippen molar-refractivity contribution >= 4 is 28.6 Å². The van der Waals surface area contributed by atoms with Gasteiger partial charge in [-0.25, -0.2) is 4.98 Å². The normalized spacial score (nSPS) is 10.5. The Kier molecular flexibility index (Phi) is 3.18. The maximum Gasteiger partial charge on any atom is 0.270 e. The van der Waals surface area contributed by atoms with Gasteiger partial charge >= 0.3 is 0 Å². The van der Waals surface area contributed by atoms with Crippen LogP contribution in [0.3, 0.4) is 0 Å². The predicted molar refractivity (Wildman–Crippen MR) is 78.8 cm³/mol. The quantitative estimate of drug-likeness (QED) is 0.506. The molecule has 0 unspecified atom stereocenters. The zero-order valence-corrected chi connectivity index (χ0v) is 11.1. The SMILES string of the molecule is O=C(Nc1nc2ccccc2[nH]1)c1cc([N+](=O)[O-])ccc1O. The molecule has 3 rings (SSSR count). The van der Waals surface area contributed by atoms with E-state index in [0.29, 0.717) is 5.52 Å². The summed E-state index contributed by atoms with van der Waals surface area (Å²) < 4.78 is 0. The summed E-state index contributed by atoms with van der Waals surface area (Å²) in [5.74, 6) is -0.850. The molecule has 0 aliphatic heterocycles. The van der Waals surface area contributed by atoms with Gasteiger partial charge in [0.25, 0.3) is 11.6 Å². The second kappa shape index (κ2) is 5.17. The molecule has 0 spiro atoms. The molecule has 22 heavy (non-hydrogen) atoms. The fourth-order valence-electron chi connectivity index (χ4n) is 2.01. The smallest absolute Gasteiger partial charge is 0.270 e. The number of carbonyl (C=O) groups excluding carboxylic acids is 1. The lowest BCUT2D eigenvalue weighted by molar-refractivity contribution is -0.384. The van der Waals surface area contributed by atoms with E-state index in [1.54, 1.807) is 18.2 Å². The van der Waals surface area contributed by atoms with Gasteiger partial charge in [0.1, 0.15) is 5.75 Å². The molecule has 0 atom stereocenters. The number of hydrogen-bond donors (Lipinski definition) is 3. The third-order valence-corrected chi connectivity index (χ3v) is 3.06. The number of phenolic OH excluding ortho intramolecular Hbond substituents is 1. The number of rotatable bonds is 3. The van der Waals surface area contributed by atoms with Crippen LogP contribution in [0.1, 0.15) is 10.4 Å². The number of anilines is 1. The lowest BCUT2D eigenvalue weighted by atomic mass is 10.1. The molecule has 8 nitrogen and oxygen atoms in total. The highest BCUT2D eigenvalue weighted by Crippen LogP contribution is 2.24. The number of phenols is 1. The number of hydrogen-bond acceptors (Lipinski definition) is 5. The minimum absolute atomic E-state index is 0.192. The first kappa shape index (κ1) is 13.6. The van der Waals surface area contributed by atoms with Crippen molar-refractivity contribution in [3.8, 4) is 5.75 Å². The Labute approximate surface area is 123 Å². The molecule has 2 aromatic carbocycles. The van der Waals surface area contributed by atoms with Crippen LogP contribution in [0, 0.1) is 10.1 Å². The number of nitrogens with zero attached hydrogens (tertiary/aromatic N) is 2. The molecule has 1 amide bonds. The van der Waals surface area contributed by atoms with Crippen molar-refractivity contribution < 1.29 is 14.8 Å². The van der Waals surface area contributed by atoms with E-state index in [0.717, 1.165) is 23.7 Å². The fraction of sp³-hybridized carbons (Fsp3) is 0. The molecule has 1 aromatic heterocycles. The van der Waals surface area contributed by atoms with Gasteiger partial charge < -0.3 is 10.1 Å². The number of nitrogens with one attached hydrogen (secondary N) is 2. The number of imidazole rings is 1. The molecule has 1 heterocycles. The van der Waals surface area contributed by atoms with Crippen LogP contribution < -0.4 is 5.32 Å². The summed E-state index contributed by atoms with van der Waals surface area (Å²) >= 11 is 0. The summed E-state index contributed by atoms with van der Waals surface area (Å²) in [7, 11) is 0. The van der Waals surface area contributed by atoms with Gasteiger partial charge in [-0.3, -0.25) is 20.2 Å². The highest BCUT2D eigenvalue weighted by molar-refractivity contribution is 6.06. The molecule has 3 aromatic rings.